The van der Waals surface area contributed by atoms with Crippen LogP contribution in [-0.2, 0) is 0 Å². The van der Waals surface area contributed by atoms with Crippen LogP contribution in [0.15, 0.2) is 36.0 Å². The van der Waals surface area contributed by atoms with Gasteiger partial charge in [0.15, 0.2) is 0 Å². The van der Waals surface area contributed by atoms with Gasteiger partial charge in [-0.25, -0.2) is 0 Å². The molecule has 1 aliphatic carbocycles. The number of rotatable bonds is 1. The number of thiol groups is 1. The highest BCUT2D eigenvalue weighted by atomic mass is 32.1. The third-order valence-electron chi connectivity index (χ3n) is 1.23. The first-order valence-electron chi connectivity index (χ1n) is 4.06. The lowest BCUT2D eigenvalue weighted by molar-refractivity contribution is 1.40. The van der Waals surface area contributed by atoms with Gasteiger partial charge in [-0.2, -0.15) is 12.6 Å². The molecule has 0 saturated carbocycles. The van der Waals surface area contributed by atoms with Crippen LogP contribution >= 0.6 is 12.6 Å². The minimum absolute atomic E-state index is 0.834. The Bertz CT molecular complexity index is 164. The molecule has 0 radical (unpaired) electrons. The Balaban J connectivity index is 0.000000461. The van der Waals surface area contributed by atoms with Crippen LogP contribution in [0.4, 0.5) is 0 Å². The van der Waals surface area contributed by atoms with Gasteiger partial charge >= 0.3 is 0 Å². The maximum absolute atomic E-state index is 4.16. The van der Waals surface area contributed by atoms with Crippen LogP contribution in [0.25, 0.3) is 0 Å². The van der Waals surface area contributed by atoms with E-state index in [1.54, 1.807) is 0 Å². The molecular weight excluding hydrogens is 152 g/mol. The van der Waals surface area contributed by atoms with Gasteiger partial charge in [0.25, 0.3) is 0 Å². The van der Waals surface area contributed by atoms with Crippen molar-refractivity contribution in [3.63, 3.8) is 0 Å². The van der Waals surface area contributed by atoms with Crippen LogP contribution in [0.3, 0.4) is 0 Å². The first kappa shape index (κ1) is 10.6. The van der Waals surface area contributed by atoms with E-state index < -0.39 is 0 Å². The predicted molar refractivity (Wildman–Crippen MR) is 56.2 cm³/mol. The lowest BCUT2D eigenvalue weighted by Crippen LogP contribution is -1.75. The van der Waals surface area contributed by atoms with Crippen LogP contribution < -0.4 is 0 Å². The van der Waals surface area contributed by atoms with Crippen molar-refractivity contribution in [1.82, 2.24) is 0 Å². The monoisotopic (exact) mass is 168 g/mol. The summed E-state index contributed by atoms with van der Waals surface area (Å²) in [7, 11) is 0. The summed E-state index contributed by atoms with van der Waals surface area (Å²) in [6, 6.07) is 0. The molecule has 0 unspecified atom stereocenters. The van der Waals surface area contributed by atoms with Crippen molar-refractivity contribution in [1.29, 1.82) is 0 Å². The Hall–Kier alpha value is -0.430. The SMILES string of the molecule is CC.SCC1=CC=CCC=C1. The van der Waals surface area contributed by atoms with Crippen molar-refractivity contribution in [2.75, 3.05) is 5.75 Å². The zero-order chi connectivity index (χ0) is 8.53. The van der Waals surface area contributed by atoms with E-state index in [9.17, 15) is 0 Å². The molecule has 11 heavy (non-hydrogen) atoms. The number of hydrogen-bond donors (Lipinski definition) is 1. The average Bonchev–Trinajstić information content (AvgIpc) is 2.35. The minimum atomic E-state index is 0.834. The van der Waals surface area contributed by atoms with E-state index in [-0.39, 0.29) is 0 Å². The molecule has 0 amide bonds. The van der Waals surface area contributed by atoms with Gasteiger partial charge in [-0.1, -0.05) is 44.2 Å². The molecule has 1 aliphatic rings. The highest BCUT2D eigenvalue weighted by Gasteiger charge is 1.86. The molecule has 0 bridgehead atoms. The van der Waals surface area contributed by atoms with Crippen LogP contribution in [0, 0.1) is 0 Å². The Kier molecular flexibility index (Phi) is 7.37. The fourth-order valence-corrected chi connectivity index (χ4v) is 0.940. The van der Waals surface area contributed by atoms with Crippen molar-refractivity contribution < 1.29 is 0 Å². The lowest BCUT2D eigenvalue weighted by atomic mass is 10.3. The first-order valence-corrected chi connectivity index (χ1v) is 4.70. The smallest absolute Gasteiger partial charge is 0.0154 e. The highest BCUT2D eigenvalue weighted by Crippen LogP contribution is 2.04. The molecule has 62 valence electrons. The number of hydrogen-bond acceptors (Lipinski definition) is 1. The highest BCUT2D eigenvalue weighted by molar-refractivity contribution is 7.80. The molecular formula is C10H16S. The average molecular weight is 168 g/mol. The van der Waals surface area contributed by atoms with Gasteiger partial charge in [0.05, 0.1) is 0 Å². The zero-order valence-electron chi connectivity index (χ0n) is 7.25. The van der Waals surface area contributed by atoms with E-state index in [4.69, 9.17) is 0 Å². The molecule has 0 aromatic carbocycles. The summed E-state index contributed by atoms with van der Waals surface area (Å²) in [6.07, 6.45) is 11.6. The van der Waals surface area contributed by atoms with Gasteiger partial charge in [0, 0.05) is 5.75 Å². The summed E-state index contributed by atoms with van der Waals surface area (Å²) in [5, 5.41) is 0. The quantitative estimate of drug-likeness (QED) is 0.570. The van der Waals surface area contributed by atoms with Crippen molar-refractivity contribution in [3.8, 4) is 0 Å². The van der Waals surface area contributed by atoms with Crippen LogP contribution in [-0.4, -0.2) is 5.75 Å². The Morgan fingerprint density at radius 3 is 2.73 bits per heavy atom. The second-order valence-electron chi connectivity index (χ2n) is 1.97. The molecule has 0 atom stereocenters. The molecule has 0 aromatic heterocycles. The number of allylic oxidation sites excluding steroid dienone is 5. The molecule has 0 saturated heterocycles. The van der Waals surface area contributed by atoms with Crippen molar-refractivity contribution in [3.05, 3.63) is 36.0 Å². The van der Waals surface area contributed by atoms with Crippen LogP contribution in [0.5, 0.6) is 0 Å². The van der Waals surface area contributed by atoms with Gasteiger partial charge in [-0.15, -0.1) is 0 Å². The van der Waals surface area contributed by atoms with Crippen molar-refractivity contribution in [2.45, 2.75) is 20.3 Å². The summed E-state index contributed by atoms with van der Waals surface area (Å²) in [4.78, 5) is 0. The summed E-state index contributed by atoms with van der Waals surface area (Å²) in [6.45, 7) is 4.00. The second kappa shape index (κ2) is 7.67. The molecule has 0 spiro atoms. The summed E-state index contributed by atoms with van der Waals surface area (Å²) < 4.78 is 0. The largest absolute Gasteiger partial charge is 0.175 e. The third-order valence-corrected chi connectivity index (χ3v) is 1.60. The fraction of sp³-hybridized carbons (Fsp3) is 0.400. The van der Waals surface area contributed by atoms with Gasteiger partial charge in [-0.05, 0) is 12.0 Å². The first-order chi connectivity index (χ1) is 5.43. The Labute approximate surface area is 75.1 Å². The molecule has 1 rings (SSSR count). The molecule has 0 nitrogen and oxygen atoms in total. The predicted octanol–water partition coefficient (Wildman–Crippen LogP) is 3.38. The maximum Gasteiger partial charge on any atom is 0.0154 e. The normalized spacial score (nSPS) is 14.6. The minimum Gasteiger partial charge on any atom is -0.175 e. The third kappa shape index (κ3) is 4.91. The fourth-order valence-electron chi connectivity index (χ4n) is 0.729. The molecule has 0 fully saturated rings. The summed E-state index contributed by atoms with van der Waals surface area (Å²) >= 11 is 4.16. The lowest BCUT2D eigenvalue weighted by Gasteiger charge is -1.89. The van der Waals surface area contributed by atoms with E-state index in [0.717, 1.165) is 12.2 Å². The molecule has 0 aromatic rings. The van der Waals surface area contributed by atoms with Crippen molar-refractivity contribution in [2.24, 2.45) is 0 Å². The summed E-state index contributed by atoms with van der Waals surface area (Å²) in [5.41, 5.74) is 1.28. The van der Waals surface area contributed by atoms with Crippen LogP contribution in [0.1, 0.15) is 20.3 Å². The van der Waals surface area contributed by atoms with E-state index in [0.29, 0.717) is 0 Å². The zero-order valence-corrected chi connectivity index (χ0v) is 8.14. The van der Waals surface area contributed by atoms with E-state index in [1.807, 2.05) is 13.8 Å². The molecule has 0 N–H and O–H groups in total. The maximum atomic E-state index is 4.16. The van der Waals surface area contributed by atoms with Gasteiger partial charge in [0.2, 0.25) is 0 Å². The standard InChI is InChI=1S/C8H10S.C2H6/c9-7-8-5-3-1-2-4-6-8;1-2/h1,3-6,9H,2,7H2;1-2H3. The van der Waals surface area contributed by atoms with E-state index >= 15 is 0 Å². The molecule has 0 heterocycles. The Morgan fingerprint density at radius 2 is 2.09 bits per heavy atom. The topological polar surface area (TPSA) is 0 Å². The van der Waals surface area contributed by atoms with Gasteiger partial charge < -0.3 is 0 Å². The molecule has 0 aliphatic heterocycles. The van der Waals surface area contributed by atoms with Crippen molar-refractivity contribution >= 4 is 12.6 Å². The van der Waals surface area contributed by atoms with E-state index in [1.165, 1.54) is 5.57 Å². The second-order valence-corrected chi connectivity index (χ2v) is 2.28. The molecule has 1 heteroatoms. The van der Waals surface area contributed by atoms with Crippen LogP contribution in [0.2, 0.25) is 0 Å². The van der Waals surface area contributed by atoms with Gasteiger partial charge in [-0.3, -0.25) is 0 Å². The van der Waals surface area contributed by atoms with E-state index in [2.05, 4.69) is 43.0 Å². The Morgan fingerprint density at radius 1 is 1.36 bits per heavy atom. The van der Waals surface area contributed by atoms with Gasteiger partial charge in [0.1, 0.15) is 0 Å². The summed E-state index contributed by atoms with van der Waals surface area (Å²) in [5.74, 6) is 0.834.